The Morgan fingerprint density at radius 3 is 2.74 bits per heavy atom. The van der Waals surface area contributed by atoms with Gasteiger partial charge in [-0.25, -0.2) is 13.8 Å². The number of aromatic nitrogens is 1. The van der Waals surface area contributed by atoms with E-state index < -0.39 is 11.6 Å². The van der Waals surface area contributed by atoms with Crippen molar-refractivity contribution in [3.8, 4) is 0 Å². The van der Waals surface area contributed by atoms with E-state index in [1.807, 2.05) is 0 Å². The number of benzene rings is 1. The summed E-state index contributed by atoms with van der Waals surface area (Å²) in [7, 11) is 1.55. The van der Waals surface area contributed by atoms with Gasteiger partial charge in [-0.3, -0.25) is 4.79 Å². The molecule has 0 saturated heterocycles. The van der Waals surface area contributed by atoms with Crippen LogP contribution in [-0.2, 0) is 6.54 Å². The molecule has 0 fully saturated rings. The van der Waals surface area contributed by atoms with Crippen LogP contribution in [0.3, 0.4) is 0 Å². The molecule has 0 saturated carbocycles. The molecule has 0 atom stereocenters. The average Bonchev–Trinajstić information content (AvgIpc) is 2.79. The van der Waals surface area contributed by atoms with E-state index in [0.29, 0.717) is 10.7 Å². The first-order valence-corrected chi connectivity index (χ1v) is 6.25. The van der Waals surface area contributed by atoms with Gasteiger partial charge in [-0.2, -0.15) is 0 Å². The molecule has 0 radical (unpaired) electrons. The van der Waals surface area contributed by atoms with Crippen LogP contribution in [0.5, 0.6) is 0 Å². The minimum atomic E-state index is -0.934. The fraction of sp³-hybridized carbons (Fsp3) is 0.167. The number of carbonyl (C=O) groups is 1. The van der Waals surface area contributed by atoms with Crippen LogP contribution in [-0.4, -0.2) is 22.8 Å². The van der Waals surface area contributed by atoms with Gasteiger partial charge < -0.3 is 10.6 Å². The fourth-order valence-corrected chi connectivity index (χ4v) is 2.10. The second-order valence-electron chi connectivity index (χ2n) is 3.98. The number of nitrogens with zero attached hydrogens (tertiary/aromatic N) is 2. The third-order valence-electron chi connectivity index (χ3n) is 2.49. The molecule has 0 aliphatic heterocycles. The van der Waals surface area contributed by atoms with E-state index in [2.05, 4.69) is 4.98 Å². The Balaban J connectivity index is 2.10. The van der Waals surface area contributed by atoms with Gasteiger partial charge in [0.2, 0.25) is 0 Å². The Hall–Kier alpha value is -2.02. The molecule has 0 aliphatic carbocycles. The lowest BCUT2D eigenvalue weighted by atomic mass is 10.2. The molecule has 100 valence electrons. The first-order valence-electron chi connectivity index (χ1n) is 5.38. The Labute approximate surface area is 112 Å². The summed E-state index contributed by atoms with van der Waals surface area (Å²) < 4.78 is 25.8. The fourth-order valence-electron chi connectivity index (χ4n) is 1.57. The van der Waals surface area contributed by atoms with E-state index in [1.165, 1.54) is 22.3 Å². The van der Waals surface area contributed by atoms with E-state index in [9.17, 15) is 13.6 Å². The molecule has 0 spiro atoms. The highest BCUT2D eigenvalue weighted by atomic mass is 32.1. The molecular weight excluding hydrogens is 272 g/mol. The van der Waals surface area contributed by atoms with E-state index in [4.69, 9.17) is 5.73 Å². The van der Waals surface area contributed by atoms with E-state index in [1.54, 1.807) is 12.4 Å². The van der Waals surface area contributed by atoms with Crippen molar-refractivity contribution < 1.29 is 13.6 Å². The predicted molar refractivity (Wildman–Crippen MR) is 68.7 cm³/mol. The molecule has 19 heavy (non-hydrogen) atoms. The van der Waals surface area contributed by atoms with Gasteiger partial charge in [-0.15, -0.1) is 11.3 Å². The normalized spacial score (nSPS) is 10.5. The first kappa shape index (κ1) is 13.4. The second kappa shape index (κ2) is 5.31. The molecule has 1 heterocycles. The predicted octanol–water partition coefficient (Wildman–Crippen LogP) is 2.28. The number of carbonyl (C=O) groups excluding carboxylic acids is 1. The lowest BCUT2D eigenvalue weighted by molar-refractivity contribution is 0.0780. The molecule has 2 rings (SSSR count). The highest BCUT2D eigenvalue weighted by molar-refractivity contribution is 7.13. The summed E-state index contributed by atoms with van der Waals surface area (Å²) in [5.41, 5.74) is 6.19. The van der Waals surface area contributed by atoms with Gasteiger partial charge in [0.05, 0.1) is 0 Å². The number of anilines is 1. The molecule has 0 unspecified atom stereocenters. The number of nitrogen functional groups attached to an aromatic ring is 1. The number of hydrogen-bond acceptors (Lipinski definition) is 4. The van der Waals surface area contributed by atoms with Crippen LogP contribution in [0.1, 0.15) is 16.1 Å². The summed E-state index contributed by atoms with van der Waals surface area (Å²) in [4.78, 5) is 17.2. The topological polar surface area (TPSA) is 59.2 Å². The van der Waals surface area contributed by atoms with Crippen molar-refractivity contribution >= 4 is 22.4 Å². The highest BCUT2D eigenvalue weighted by Gasteiger charge is 2.15. The molecule has 7 heteroatoms. The number of halogens is 2. The lowest BCUT2D eigenvalue weighted by Crippen LogP contribution is -2.26. The highest BCUT2D eigenvalue weighted by Crippen LogP contribution is 2.15. The molecule has 1 amide bonds. The third-order valence-corrected chi connectivity index (χ3v) is 3.17. The maximum absolute atomic E-state index is 13.1. The number of rotatable bonds is 3. The van der Waals surface area contributed by atoms with Gasteiger partial charge in [0.15, 0.2) is 16.8 Å². The summed E-state index contributed by atoms with van der Waals surface area (Å²) in [5, 5.41) is 1.86. The van der Waals surface area contributed by atoms with Crippen LogP contribution in [0.2, 0.25) is 0 Å². The Morgan fingerprint density at radius 2 is 2.16 bits per heavy atom. The Bertz CT molecular complexity index is 615. The van der Waals surface area contributed by atoms with E-state index in [0.717, 1.165) is 12.1 Å². The summed E-state index contributed by atoms with van der Waals surface area (Å²) in [6, 6.07) is 3.52. The SMILES string of the molecule is CN(Cc1ccc(F)c(F)c1)C(=O)c1csc(N)n1. The molecule has 0 aliphatic rings. The van der Waals surface area contributed by atoms with Gasteiger partial charge in [-0.1, -0.05) is 6.07 Å². The first-order chi connectivity index (χ1) is 8.97. The zero-order chi connectivity index (χ0) is 14.0. The zero-order valence-electron chi connectivity index (χ0n) is 10.1. The van der Waals surface area contributed by atoms with Crippen molar-refractivity contribution in [1.29, 1.82) is 0 Å². The monoisotopic (exact) mass is 283 g/mol. The molecule has 0 bridgehead atoms. The average molecular weight is 283 g/mol. The summed E-state index contributed by atoms with van der Waals surface area (Å²) >= 11 is 1.17. The van der Waals surface area contributed by atoms with Crippen molar-refractivity contribution in [3.05, 3.63) is 46.5 Å². The Kier molecular flexibility index (Phi) is 3.75. The summed E-state index contributed by atoms with van der Waals surface area (Å²) in [6.45, 7) is 0.160. The largest absolute Gasteiger partial charge is 0.375 e. The minimum Gasteiger partial charge on any atom is -0.375 e. The van der Waals surface area contributed by atoms with E-state index in [-0.39, 0.29) is 18.1 Å². The van der Waals surface area contributed by atoms with Crippen LogP contribution in [0.4, 0.5) is 13.9 Å². The van der Waals surface area contributed by atoms with Gasteiger partial charge in [0.1, 0.15) is 5.69 Å². The lowest BCUT2D eigenvalue weighted by Gasteiger charge is -2.16. The number of amides is 1. The summed E-state index contributed by atoms with van der Waals surface area (Å²) in [5.74, 6) is -2.17. The molecule has 1 aromatic heterocycles. The molecule has 4 nitrogen and oxygen atoms in total. The molecule has 2 N–H and O–H groups in total. The smallest absolute Gasteiger partial charge is 0.273 e. The molecule has 1 aromatic carbocycles. The zero-order valence-corrected chi connectivity index (χ0v) is 10.9. The number of nitrogens with two attached hydrogens (primary N) is 1. The van der Waals surface area contributed by atoms with Crippen LogP contribution < -0.4 is 5.73 Å². The number of hydrogen-bond donors (Lipinski definition) is 1. The van der Waals surface area contributed by atoms with Crippen molar-refractivity contribution in [2.24, 2.45) is 0 Å². The van der Waals surface area contributed by atoms with Gasteiger partial charge in [-0.05, 0) is 17.7 Å². The van der Waals surface area contributed by atoms with Gasteiger partial charge in [0, 0.05) is 19.0 Å². The van der Waals surface area contributed by atoms with Crippen molar-refractivity contribution in [1.82, 2.24) is 9.88 Å². The van der Waals surface area contributed by atoms with Crippen molar-refractivity contribution in [3.63, 3.8) is 0 Å². The van der Waals surface area contributed by atoms with Crippen LogP contribution >= 0.6 is 11.3 Å². The van der Waals surface area contributed by atoms with Crippen molar-refractivity contribution in [2.45, 2.75) is 6.54 Å². The Morgan fingerprint density at radius 1 is 1.42 bits per heavy atom. The maximum atomic E-state index is 13.1. The molecule has 2 aromatic rings. The van der Waals surface area contributed by atoms with Crippen LogP contribution in [0.15, 0.2) is 23.6 Å². The third kappa shape index (κ3) is 3.05. The second-order valence-corrected chi connectivity index (χ2v) is 4.87. The quantitative estimate of drug-likeness (QED) is 0.940. The van der Waals surface area contributed by atoms with E-state index >= 15 is 0 Å². The number of thiazole rings is 1. The molecular formula is C12H11F2N3OS. The van der Waals surface area contributed by atoms with Gasteiger partial charge in [0.25, 0.3) is 5.91 Å². The van der Waals surface area contributed by atoms with Gasteiger partial charge >= 0.3 is 0 Å². The minimum absolute atomic E-state index is 0.160. The van der Waals surface area contributed by atoms with Crippen LogP contribution in [0, 0.1) is 11.6 Å². The van der Waals surface area contributed by atoms with Crippen molar-refractivity contribution in [2.75, 3.05) is 12.8 Å². The standard InChI is InChI=1S/C12H11F2N3OS/c1-17(11(18)10-6-19-12(15)16-10)5-7-2-3-8(13)9(14)4-7/h2-4,6H,5H2,1H3,(H2,15,16). The summed E-state index contributed by atoms with van der Waals surface area (Å²) in [6.07, 6.45) is 0. The maximum Gasteiger partial charge on any atom is 0.273 e. The van der Waals surface area contributed by atoms with Crippen LogP contribution in [0.25, 0.3) is 0 Å².